The van der Waals surface area contributed by atoms with Gasteiger partial charge in [0.1, 0.15) is 0 Å². The summed E-state index contributed by atoms with van der Waals surface area (Å²) in [4.78, 5) is 0. The van der Waals surface area contributed by atoms with Gasteiger partial charge < -0.3 is 0 Å². The Bertz CT molecular complexity index is 1020. The van der Waals surface area contributed by atoms with Crippen LogP contribution in [-0.2, 0) is 5.41 Å². The van der Waals surface area contributed by atoms with Gasteiger partial charge in [0.15, 0.2) is 0 Å². The minimum absolute atomic E-state index is 0.188. The van der Waals surface area contributed by atoms with E-state index in [1.54, 1.807) is 16.7 Å². The fourth-order valence-electron chi connectivity index (χ4n) is 6.39. The SMILES string of the molecule is CC(C)c1cccc(C(C)C)c1C1C[C@@](C)(c2cccc3ccccc23)CC1(C)C. The van der Waals surface area contributed by atoms with Crippen molar-refractivity contribution >= 4 is 10.8 Å². The molecule has 3 aromatic carbocycles. The van der Waals surface area contributed by atoms with E-state index < -0.39 is 0 Å². The van der Waals surface area contributed by atoms with E-state index in [0.717, 1.165) is 0 Å². The Kier molecular flexibility index (Phi) is 5.33. The normalized spacial score (nSPS) is 23.6. The zero-order valence-corrected chi connectivity index (χ0v) is 19.9. The molecule has 4 rings (SSSR count). The molecular formula is C30H38. The van der Waals surface area contributed by atoms with Crippen LogP contribution in [0.2, 0.25) is 0 Å². The first-order valence-corrected chi connectivity index (χ1v) is 11.7. The van der Waals surface area contributed by atoms with E-state index in [1.807, 2.05) is 0 Å². The summed E-state index contributed by atoms with van der Waals surface area (Å²) in [5.41, 5.74) is 6.75. The number of benzene rings is 3. The highest BCUT2D eigenvalue weighted by Crippen LogP contribution is 2.60. The summed E-state index contributed by atoms with van der Waals surface area (Å²) in [7, 11) is 0. The molecular weight excluding hydrogens is 360 g/mol. The molecule has 0 bridgehead atoms. The monoisotopic (exact) mass is 398 g/mol. The molecule has 0 radical (unpaired) electrons. The molecule has 2 atom stereocenters. The van der Waals surface area contributed by atoms with Crippen LogP contribution < -0.4 is 0 Å². The van der Waals surface area contributed by atoms with Gasteiger partial charge in [-0.25, -0.2) is 0 Å². The van der Waals surface area contributed by atoms with Crippen molar-refractivity contribution in [3.05, 3.63) is 82.9 Å². The van der Waals surface area contributed by atoms with E-state index >= 15 is 0 Å². The maximum absolute atomic E-state index is 2.52. The fourth-order valence-corrected chi connectivity index (χ4v) is 6.39. The Morgan fingerprint density at radius 3 is 1.93 bits per heavy atom. The standard InChI is InChI=1S/C30H38/c1-20(2)23-15-11-16-24(21(3)4)28(23)27-18-30(7,19-29(27,5)6)26-17-10-13-22-12-8-9-14-25(22)26/h8-17,20-21,27H,18-19H2,1-7H3/t27?,30-/m1/s1. The van der Waals surface area contributed by atoms with E-state index in [0.29, 0.717) is 17.8 Å². The van der Waals surface area contributed by atoms with Gasteiger partial charge in [-0.3, -0.25) is 0 Å². The Labute approximate surface area is 183 Å². The molecule has 30 heavy (non-hydrogen) atoms. The minimum Gasteiger partial charge on any atom is -0.0617 e. The molecule has 0 heterocycles. The van der Waals surface area contributed by atoms with E-state index in [1.165, 1.54) is 29.2 Å². The largest absolute Gasteiger partial charge is 0.0617 e. The van der Waals surface area contributed by atoms with Crippen molar-refractivity contribution in [2.45, 2.75) is 84.5 Å². The van der Waals surface area contributed by atoms with Crippen LogP contribution in [0.5, 0.6) is 0 Å². The predicted octanol–water partition coefficient (Wildman–Crippen LogP) is 8.95. The van der Waals surface area contributed by atoms with Crippen molar-refractivity contribution < 1.29 is 0 Å². The van der Waals surface area contributed by atoms with Crippen molar-refractivity contribution in [1.29, 1.82) is 0 Å². The molecule has 158 valence electrons. The average molecular weight is 399 g/mol. The zero-order chi connectivity index (χ0) is 21.7. The van der Waals surface area contributed by atoms with Gasteiger partial charge in [0, 0.05) is 0 Å². The van der Waals surface area contributed by atoms with Gasteiger partial charge in [-0.2, -0.15) is 0 Å². The lowest BCUT2D eigenvalue weighted by Crippen LogP contribution is -2.20. The number of fused-ring (bicyclic) bond motifs is 1. The third kappa shape index (κ3) is 3.49. The molecule has 0 nitrogen and oxygen atoms in total. The van der Waals surface area contributed by atoms with Crippen molar-refractivity contribution in [1.82, 2.24) is 0 Å². The van der Waals surface area contributed by atoms with Crippen LogP contribution in [0.25, 0.3) is 10.8 Å². The maximum Gasteiger partial charge on any atom is -0.00578 e. The van der Waals surface area contributed by atoms with Gasteiger partial charge in [0.05, 0.1) is 0 Å². The number of hydrogen-bond donors (Lipinski definition) is 0. The van der Waals surface area contributed by atoms with Crippen LogP contribution in [0.3, 0.4) is 0 Å². The first-order chi connectivity index (χ1) is 14.1. The predicted molar refractivity (Wildman–Crippen MR) is 132 cm³/mol. The second-order valence-electron chi connectivity index (χ2n) is 11.2. The third-order valence-electron chi connectivity index (χ3n) is 7.65. The Morgan fingerprint density at radius 1 is 0.733 bits per heavy atom. The van der Waals surface area contributed by atoms with Gasteiger partial charge in [0.2, 0.25) is 0 Å². The topological polar surface area (TPSA) is 0 Å². The smallest absolute Gasteiger partial charge is 0.00578 e. The summed E-state index contributed by atoms with van der Waals surface area (Å²) in [5, 5.41) is 2.79. The lowest BCUT2D eigenvalue weighted by atomic mass is 9.72. The third-order valence-corrected chi connectivity index (χ3v) is 7.65. The quantitative estimate of drug-likeness (QED) is 0.411. The van der Waals surface area contributed by atoms with Crippen molar-refractivity contribution in [2.75, 3.05) is 0 Å². The maximum atomic E-state index is 2.52. The highest BCUT2D eigenvalue weighted by molar-refractivity contribution is 5.86. The molecule has 1 fully saturated rings. The molecule has 0 spiro atoms. The van der Waals surface area contributed by atoms with Gasteiger partial charge in [-0.05, 0) is 74.5 Å². The molecule has 0 heteroatoms. The second-order valence-corrected chi connectivity index (χ2v) is 11.2. The molecule has 1 unspecified atom stereocenters. The Balaban J connectivity index is 1.87. The summed E-state index contributed by atoms with van der Waals surface area (Å²) in [6.07, 6.45) is 2.44. The van der Waals surface area contributed by atoms with Gasteiger partial charge in [-0.1, -0.05) is 109 Å². The zero-order valence-electron chi connectivity index (χ0n) is 19.9. The first kappa shape index (κ1) is 21.2. The van der Waals surface area contributed by atoms with Crippen LogP contribution in [0.1, 0.15) is 101 Å². The van der Waals surface area contributed by atoms with Gasteiger partial charge in [0.25, 0.3) is 0 Å². The van der Waals surface area contributed by atoms with E-state index in [-0.39, 0.29) is 10.8 Å². The molecule has 3 aromatic rings. The van der Waals surface area contributed by atoms with E-state index in [2.05, 4.69) is 109 Å². The molecule has 0 N–H and O–H groups in total. The van der Waals surface area contributed by atoms with Crippen molar-refractivity contribution in [3.8, 4) is 0 Å². The molecule has 0 amide bonds. The fraction of sp³-hybridized carbons (Fsp3) is 0.467. The molecule has 0 saturated heterocycles. The van der Waals surface area contributed by atoms with Gasteiger partial charge >= 0.3 is 0 Å². The van der Waals surface area contributed by atoms with Crippen LogP contribution in [0, 0.1) is 5.41 Å². The van der Waals surface area contributed by atoms with E-state index in [4.69, 9.17) is 0 Å². The first-order valence-electron chi connectivity index (χ1n) is 11.7. The van der Waals surface area contributed by atoms with Crippen LogP contribution in [0.4, 0.5) is 0 Å². The van der Waals surface area contributed by atoms with Crippen LogP contribution >= 0.6 is 0 Å². The van der Waals surface area contributed by atoms with Crippen molar-refractivity contribution in [2.24, 2.45) is 5.41 Å². The van der Waals surface area contributed by atoms with Gasteiger partial charge in [-0.15, -0.1) is 0 Å². The van der Waals surface area contributed by atoms with Crippen molar-refractivity contribution in [3.63, 3.8) is 0 Å². The Hall–Kier alpha value is -2.08. The van der Waals surface area contributed by atoms with Crippen LogP contribution in [0.15, 0.2) is 60.7 Å². The summed E-state index contributed by atoms with van der Waals surface area (Å²) in [6.45, 7) is 17.0. The highest BCUT2D eigenvalue weighted by atomic mass is 14.5. The molecule has 1 saturated carbocycles. The lowest BCUT2D eigenvalue weighted by Gasteiger charge is -2.33. The number of hydrogen-bond acceptors (Lipinski definition) is 0. The summed E-state index contributed by atoms with van der Waals surface area (Å²) in [6, 6.07) is 22.9. The Morgan fingerprint density at radius 2 is 1.30 bits per heavy atom. The molecule has 0 aromatic heterocycles. The molecule has 1 aliphatic rings. The highest BCUT2D eigenvalue weighted by Gasteiger charge is 2.50. The summed E-state index contributed by atoms with van der Waals surface area (Å²) in [5.74, 6) is 1.69. The number of rotatable bonds is 4. The summed E-state index contributed by atoms with van der Waals surface area (Å²) >= 11 is 0. The molecule has 0 aliphatic heterocycles. The second kappa shape index (κ2) is 7.56. The van der Waals surface area contributed by atoms with E-state index in [9.17, 15) is 0 Å². The minimum atomic E-state index is 0.188. The average Bonchev–Trinajstić information content (AvgIpc) is 2.96. The van der Waals surface area contributed by atoms with Crippen LogP contribution in [-0.4, -0.2) is 0 Å². The molecule has 1 aliphatic carbocycles. The lowest BCUT2D eigenvalue weighted by molar-refractivity contribution is 0.315. The summed E-state index contributed by atoms with van der Waals surface area (Å²) < 4.78 is 0.